The van der Waals surface area contributed by atoms with E-state index < -0.39 is 17.7 Å². The fourth-order valence-corrected chi connectivity index (χ4v) is 4.40. The molecule has 1 heterocycles. The van der Waals surface area contributed by atoms with Crippen LogP contribution in [-0.2, 0) is 9.59 Å². The van der Waals surface area contributed by atoms with Gasteiger partial charge >= 0.3 is 0 Å². The molecule has 3 aromatic rings. The van der Waals surface area contributed by atoms with Crippen LogP contribution in [0.1, 0.15) is 47.7 Å². The number of aliphatic hydroxyl groups excluding tert-OH is 1. The van der Waals surface area contributed by atoms with Gasteiger partial charge in [-0.25, -0.2) is 0 Å². The summed E-state index contributed by atoms with van der Waals surface area (Å²) in [5.74, 6) is -0.594. The molecular formula is C30H31NO5. The molecule has 1 saturated heterocycles. The molecule has 1 unspecified atom stereocenters. The predicted octanol–water partition coefficient (Wildman–Crippen LogP) is 5.98. The van der Waals surface area contributed by atoms with E-state index in [4.69, 9.17) is 4.74 Å². The van der Waals surface area contributed by atoms with E-state index in [1.807, 2.05) is 39.0 Å². The number of aryl methyl sites for hydroxylation is 3. The SMILES string of the molecule is Cc1ccc(C)c(N2C(=O)C(=O)/C(=C(\O)c3ccc(OCC(C)C)c(C)c3)C2c2ccc(O)cc2)c1. The van der Waals surface area contributed by atoms with Gasteiger partial charge < -0.3 is 14.9 Å². The summed E-state index contributed by atoms with van der Waals surface area (Å²) in [5.41, 5.74) is 4.20. The van der Waals surface area contributed by atoms with E-state index in [1.165, 1.54) is 17.0 Å². The van der Waals surface area contributed by atoms with Gasteiger partial charge in [0.1, 0.15) is 17.3 Å². The Morgan fingerprint density at radius 2 is 1.64 bits per heavy atom. The second-order valence-corrected chi connectivity index (χ2v) is 9.74. The zero-order valence-electron chi connectivity index (χ0n) is 21.2. The normalized spacial score (nSPS) is 17.2. The molecule has 4 rings (SSSR count). The lowest BCUT2D eigenvalue weighted by Crippen LogP contribution is -2.30. The van der Waals surface area contributed by atoms with Crippen molar-refractivity contribution in [3.05, 3.63) is 94.1 Å². The van der Waals surface area contributed by atoms with Crippen molar-refractivity contribution in [1.29, 1.82) is 0 Å². The molecule has 0 aromatic heterocycles. The summed E-state index contributed by atoms with van der Waals surface area (Å²) in [6.45, 7) is 10.4. The van der Waals surface area contributed by atoms with Gasteiger partial charge in [0.15, 0.2) is 0 Å². The smallest absolute Gasteiger partial charge is 0.300 e. The molecule has 0 spiro atoms. The van der Waals surface area contributed by atoms with Gasteiger partial charge in [-0.05, 0) is 85.3 Å². The van der Waals surface area contributed by atoms with Crippen LogP contribution >= 0.6 is 0 Å². The number of hydrogen-bond acceptors (Lipinski definition) is 5. The standard InChI is InChI=1S/C30H31NO5/c1-17(2)16-36-25-13-10-22(15-20(25)5)28(33)26-27(21-8-11-23(32)12-9-21)31(30(35)29(26)34)24-14-18(3)6-7-19(24)4/h6-15,17,27,32-33H,16H2,1-5H3/b28-26-. The molecule has 36 heavy (non-hydrogen) atoms. The predicted molar refractivity (Wildman–Crippen MR) is 140 cm³/mol. The Balaban J connectivity index is 1.88. The quantitative estimate of drug-likeness (QED) is 0.255. The molecule has 1 aliphatic heterocycles. The number of hydrogen-bond donors (Lipinski definition) is 2. The highest BCUT2D eigenvalue weighted by molar-refractivity contribution is 6.51. The van der Waals surface area contributed by atoms with Crippen LogP contribution in [0.3, 0.4) is 0 Å². The van der Waals surface area contributed by atoms with Gasteiger partial charge in [0.05, 0.1) is 18.2 Å². The number of aromatic hydroxyl groups is 1. The third kappa shape index (κ3) is 4.71. The minimum atomic E-state index is -0.858. The maximum absolute atomic E-state index is 13.4. The maximum atomic E-state index is 13.4. The number of aliphatic hydroxyl groups is 1. The fourth-order valence-electron chi connectivity index (χ4n) is 4.40. The van der Waals surface area contributed by atoms with E-state index >= 15 is 0 Å². The highest BCUT2D eigenvalue weighted by Gasteiger charge is 2.47. The number of anilines is 1. The molecule has 3 aromatic carbocycles. The molecule has 0 radical (unpaired) electrons. The summed E-state index contributed by atoms with van der Waals surface area (Å²) in [5, 5.41) is 21.2. The number of benzene rings is 3. The molecule has 1 aliphatic rings. The third-order valence-electron chi connectivity index (χ3n) is 6.30. The molecule has 2 N–H and O–H groups in total. The number of ketones is 1. The number of carbonyl (C=O) groups excluding carboxylic acids is 2. The molecule has 1 atom stereocenters. The maximum Gasteiger partial charge on any atom is 0.300 e. The van der Waals surface area contributed by atoms with Crippen LogP contribution in [0.5, 0.6) is 11.5 Å². The molecule has 6 heteroatoms. The van der Waals surface area contributed by atoms with Crippen LogP contribution in [-0.4, -0.2) is 28.5 Å². The highest BCUT2D eigenvalue weighted by Crippen LogP contribution is 2.43. The molecule has 0 saturated carbocycles. The van der Waals surface area contributed by atoms with Crippen molar-refractivity contribution in [3.8, 4) is 11.5 Å². The summed E-state index contributed by atoms with van der Waals surface area (Å²) in [6, 6.07) is 16.4. The number of phenolic OH excluding ortho intramolecular Hbond substituents is 1. The first-order chi connectivity index (χ1) is 17.1. The monoisotopic (exact) mass is 485 g/mol. The summed E-state index contributed by atoms with van der Waals surface area (Å²) in [7, 11) is 0. The van der Waals surface area contributed by atoms with Gasteiger partial charge in [-0.2, -0.15) is 0 Å². The Morgan fingerprint density at radius 3 is 2.28 bits per heavy atom. The van der Waals surface area contributed by atoms with Crippen LogP contribution < -0.4 is 9.64 Å². The molecular weight excluding hydrogens is 454 g/mol. The number of rotatable bonds is 6. The van der Waals surface area contributed by atoms with E-state index in [0.29, 0.717) is 35.1 Å². The lowest BCUT2D eigenvalue weighted by molar-refractivity contribution is -0.132. The third-order valence-corrected chi connectivity index (χ3v) is 6.30. The van der Waals surface area contributed by atoms with Crippen molar-refractivity contribution in [2.45, 2.75) is 40.7 Å². The van der Waals surface area contributed by atoms with Crippen molar-refractivity contribution >= 4 is 23.1 Å². The van der Waals surface area contributed by atoms with E-state index in [2.05, 4.69) is 13.8 Å². The molecule has 0 aliphatic carbocycles. The Kier molecular flexibility index (Phi) is 6.88. The summed E-state index contributed by atoms with van der Waals surface area (Å²) in [6.07, 6.45) is 0. The van der Waals surface area contributed by atoms with Crippen molar-refractivity contribution in [3.63, 3.8) is 0 Å². The average Bonchev–Trinajstić information content (AvgIpc) is 3.10. The number of amides is 1. The van der Waals surface area contributed by atoms with Gasteiger partial charge in [0.25, 0.3) is 11.7 Å². The Hall–Kier alpha value is -4.06. The van der Waals surface area contributed by atoms with E-state index in [1.54, 1.807) is 30.3 Å². The van der Waals surface area contributed by atoms with E-state index in [-0.39, 0.29) is 17.1 Å². The number of ether oxygens (including phenoxy) is 1. The van der Waals surface area contributed by atoms with Crippen molar-refractivity contribution in [2.75, 3.05) is 11.5 Å². The van der Waals surface area contributed by atoms with Crippen LogP contribution in [0.2, 0.25) is 0 Å². The summed E-state index contributed by atoms with van der Waals surface area (Å²) >= 11 is 0. The fraction of sp³-hybridized carbons (Fsp3) is 0.267. The molecule has 6 nitrogen and oxygen atoms in total. The Bertz CT molecular complexity index is 1350. The number of phenols is 1. The lowest BCUT2D eigenvalue weighted by atomic mass is 9.94. The zero-order valence-corrected chi connectivity index (χ0v) is 21.2. The summed E-state index contributed by atoms with van der Waals surface area (Å²) < 4.78 is 5.85. The molecule has 1 amide bonds. The van der Waals surface area contributed by atoms with Gasteiger partial charge in [0.2, 0.25) is 0 Å². The Morgan fingerprint density at radius 1 is 0.944 bits per heavy atom. The minimum Gasteiger partial charge on any atom is -0.508 e. The number of carbonyl (C=O) groups is 2. The van der Waals surface area contributed by atoms with E-state index in [0.717, 1.165) is 16.7 Å². The number of Topliss-reactive ketones (excluding diaryl/α,β-unsaturated/α-hetero) is 1. The summed E-state index contributed by atoms with van der Waals surface area (Å²) in [4.78, 5) is 28.2. The molecule has 1 fully saturated rings. The average molecular weight is 486 g/mol. The first kappa shape index (κ1) is 25.0. The van der Waals surface area contributed by atoms with Gasteiger partial charge in [0, 0.05) is 11.3 Å². The van der Waals surface area contributed by atoms with Gasteiger partial charge in [-0.1, -0.05) is 38.1 Å². The lowest BCUT2D eigenvalue weighted by Gasteiger charge is -2.27. The first-order valence-electron chi connectivity index (χ1n) is 12.0. The van der Waals surface area contributed by atoms with Crippen molar-refractivity contribution < 1.29 is 24.5 Å². The van der Waals surface area contributed by atoms with Gasteiger partial charge in [-0.15, -0.1) is 0 Å². The largest absolute Gasteiger partial charge is 0.508 e. The van der Waals surface area contributed by atoms with Crippen molar-refractivity contribution in [1.82, 2.24) is 0 Å². The first-order valence-corrected chi connectivity index (χ1v) is 12.0. The highest BCUT2D eigenvalue weighted by atomic mass is 16.5. The van der Waals surface area contributed by atoms with Crippen LogP contribution in [0.4, 0.5) is 5.69 Å². The van der Waals surface area contributed by atoms with Crippen LogP contribution in [0.15, 0.2) is 66.2 Å². The number of nitrogens with zero attached hydrogens (tertiary/aromatic N) is 1. The van der Waals surface area contributed by atoms with Crippen LogP contribution in [0, 0.1) is 26.7 Å². The van der Waals surface area contributed by atoms with Gasteiger partial charge in [-0.3, -0.25) is 14.5 Å². The van der Waals surface area contributed by atoms with Crippen LogP contribution in [0.25, 0.3) is 5.76 Å². The minimum absolute atomic E-state index is 0.00171. The zero-order chi connectivity index (χ0) is 26.1. The van der Waals surface area contributed by atoms with Crippen molar-refractivity contribution in [2.24, 2.45) is 5.92 Å². The topological polar surface area (TPSA) is 87.1 Å². The Labute approximate surface area is 211 Å². The molecule has 186 valence electrons. The second-order valence-electron chi connectivity index (χ2n) is 9.74. The van der Waals surface area contributed by atoms with E-state index in [9.17, 15) is 19.8 Å². The molecule has 0 bridgehead atoms. The second kappa shape index (κ2) is 9.90.